The lowest BCUT2D eigenvalue weighted by Crippen LogP contribution is -2.68. The van der Waals surface area contributed by atoms with Crippen LogP contribution in [0.5, 0.6) is 0 Å². The lowest BCUT2D eigenvalue weighted by Gasteiger charge is -2.68. The summed E-state index contributed by atoms with van der Waals surface area (Å²) < 4.78 is 0. The van der Waals surface area contributed by atoms with Crippen molar-refractivity contribution in [3.63, 3.8) is 0 Å². The first kappa shape index (κ1) is 25.7. The maximum absolute atomic E-state index is 12.3. The van der Waals surface area contributed by atoms with Gasteiger partial charge in [-0.1, -0.05) is 34.1 Å². The molecule has 184 valence electrons. The molecule has 0 aromatic heterocycles. The van der Waals surface area contributed by atoms with E-state index in [0.29, 0.717) is 35.5 Å². The summed E-state index contributed by atoms with van der Waals surface area (Å²) in [5.74, 6) is 2.17. The van der Waals surface area contributed by atoms with E-state index in [2.05, 4.69) is 35.5 Å². The number of fused-ring (bicyclic) bond motifs is 5. The summed E-state index contributed by atoms with van der Waals surface area (Å²) in [5, 5.41) is 31.8. The molecule has 4 saturated carbocycles. The first-order valence-corrected chi connectivity index (χ1v) is 13.8. The van der Waals surface area contributed by atoms with E-state index in [9.17, 15) is 20.1 Å². The minimum atomic E-state index is -0.703. The largest absolute Gasteiger partial charge is 0.482 e. The van der Waals surface area contributed by atoms with Crippen LogP contribution in [0.1, 0.15) is 85.5 Å². The molecule has 0 bridgehead atoms. The summed E-state index contributed by atoms with van der Waals surface area (Å²) in [6.45, 7) is 9.48. The van der Waals surface area contributed by atoms with E-state index in [1.807, 2.05) is 15.7 Å². The van der Waals surface area contributed by atoms with E-state index in [1.54, 1.807) is 0 Å². The van der Waals surface area contributed by atoms with Crippen LogP contribution in [0, 0.1) is 52.3 Å². The van der Waals surface area contributed by atoms with Crippen LogP contribution in [0.15, 0.2) is 0 Å². The molecule has 11 atom stereocenters. The maximum Gasteiger partial charge on any atom is 0.293 e. The Kier molecular flexibility index (Phi) is 6.47. The zero-order valence-corrected chi connectivity index (χ0v) is 22.2. The van der Waals surface area contributed by atoms with Gasteiger partial charge in [0.1, 0.15) is 23.5 Å². The number of aliphatic hydroxyl groups excluding tert-OH is 1. The van der Waals surface area contributed by atoms with Gasteiger partial charge in [0.25, 0.3) is 5.97 Å². The van der Waals surface area contributed by atoms with E-state index < -0.39 is 16.7 Å². The van der Waals surface area contributed by atoms with E-state index in [4.69, 9.17) is 0 Å². The molecule has 0 aromatic rings. The van der Waals surface area contributed by atoms with Gasteiger partial charge in [-0.15, -0.1) is 0 Å². The number of aliphatic hydroxyl groups is 2. The van der Waals surface area contributed by atoms with Crippen molar-refractivity contribution in [1.82, 2.24) is 0 Å². The molecular formula is C26H47B3O4. The van der Waals surface area contributed by atoms with Crippen molar-refractivity contribution in [3.05, 3.63) is 0 Å². The highest BCUT2D eigenvalue weighted by Gasteiger charge is 2.68. The molecule has 0 spiro atoms. The quantitative estimate of drug-likeness (QED) is 0.554. The molecule has 4 fully saturated rings. The molecule has 0 heterocycles. The SMILES string of the molecule is BC(B)(C[C@@H](C)C1CC[C@H]2[C@H]3[C@H](CC[C@]12C)[C@@]1(C)CC[C@@H](O)C[C@H]1[C@@H](CC)[C@@]3(B)O)C(=O)O. The number of carbonyl (C=O) groups is 1. The Labute approximate surface area is 204 Å². The minimum Gasteiger partial charge on any atom is -0.482 e. The van der Waals surface area contributed by atoms with Gasteiger partial charge in [0, 0.05) is 10.7 Å². The third kappa shape index (κ3) is 3.77. The van der Waals surface area contributed by atoms with Gasteiger partial charge in [-0.2, -0.15) is 0 Å². The van der Waals surface area contributed by atoms with Crippen LogP contribution in [0.3, 0.4) is 0 Å². The van der Waals surface area contributed by atoms with Crippen molar-refractivity contribution < 1.29 is 20.1 Å². The topological polar surface area (TPSA) is 77.8 Å². The van der Waals surface area contributed by atoms with Gasteiger partial charge < -0.3 is 15.3 Å². The zero-order valence-electron chi connectivity index (χ0n) is 22.2. The van der Waals surface area contributed by atoms with Gasteiger partial charge in [0.15, 0.2) is 0 Å². The molecule has 0 amide bonds. The molecule has 0 radical (unpaired) electrons. The molecule has 0 aliphatic heterocycles. The molecule has 7 heteroatoms. The predicted molar refractivity (Wildman–Crippen MR) is 140 cm³/mol. The van der Waals surface area contributed by atoms with Gasteiger partial charge in [0.05, 0.1) is 6.10 Å². The molecule has 3 N–H and O–H groups in total. The second kappa shape index (κ2) is 8.32. The van der Waals surface area contributed by atoms with E-state index in [-0.39, 0.29) is 22.9 Å². The number of hydrogen-bond donors (Lipinski definition) is 3. The fourth-order valence-electron chi connectivity index (χ4n) is 10.5. The Bertz CT molecular complexity index is 773. The third-order valence-electron chi connectivity index (χ3n) is 12.0. The monoisotopic (exact) mass is 456 g/mol. The molecule has 4 nitrogen and oxygen atoms in total. The highest BCUT2D eigenvalue weighted by molar-refractivity contribution is 6.49. The molecule has 0 saturated heterocycles. The first-order chi connectivity index (χ1) is 15.2. The summed E-state index contributed by atoms with van der Waals surface area (Å²) in [6, 6.07) is 0. The molecule has 0 aromatic carbocycles. The van der Waals surface area contributed by atoms with Gasteiger partial charge in [0.2, 0.25) is 0 Å². The Morgan fingerprint density at radius 1 is 1.06 bits per heavy atom. The van der Waals surface area contributed by atoms with E-state index in [0.717, 1.165) is 44.9 Å². The molecular weight excluding hydrogens is 409 g/mol. The third-order valence-corrected chi connectivity index (χ3v) is 12.0. The molecule has 4 aliphatic carbocycles. The van der Waals surface area contributed by atoms with Gasteiger partial charge >= 0.3 is 0 Å². The van der Waals surface area contributed by atoms with Crippen molar-refractivity contribution in [2.45, 2.75) is 102 Å². The van der Waals surface area contributed by atoms with Crippen molar-refractivity contribution in [2.75, 3.05) is 0 Å². The second-order valence-corrected chi connectivity index (χ2v) is 14.1. The average molecular weight is 456 g/mol. The number of hydrogen-bond acceptors (Lipinski definition) is 3. The fraction of sp³-hybridized carbons (Fsp3) is 0.962. The predicted octanol–water partition coefficient (Wildman–Crippen LogP) is 2.07. The maximum atomic E-state index is 12.3. The van der Waals surface area contributed by atoms with Crippen molar-refractivity contribution in [1.29, 1.82) is 0 Å². The summed E-state index contributed by atoms with van der Waals surface area (Å²) in [6.07, 6.45) is 8.99. The standard InChI is InChI=1S/C26H47B3O4/c1-5-16-20-12-15(30)8-10-24(20,4)19-9-11-23(3)17(14(2)13-25(27,28)22(31)32)6-7-18(23)21(19)26(16,29)33/h14-21,30,33H,5-13,27-29H2,1-4H3,(H,31,32)/t14-,15-,16-,17?,18+,19+,20+,21+,23-,24-,26-/m1/s1. The van der Waals surface area contributed by atoms with Crippen molar-refractivity contribution in [3.8, 4) is 0 Å². The van der Waals surface area contributed by atoms with Crippen LogP contribution in [-0.4, -0.2) is 56.4 Å². The molecule has 4 rings (SSSR count). The number of aliphatic carboxylic acids is 1. The Balaban J connectivity index is 1.67. The Morgan fingerprint density at radius 3 is 2.27 bits per heavy atom. The average Bonchev–Trinajstić information content (AvgIpc) is 3.06. The Hall–Kier alpha value is -0.415. The zero-order chi connectivity index (χ0) is 24.6. The van der Waals surface area contributed by atoms with E-state index >= 15 is 0 Å². The smallest absolute Gasteiger partial charge is 0.293 e. The lowest BCUT2D eigenvalue weighted by molar-refractivity contribution is -0.220. The van der Waals surface area contributed by atoms with Crippen LogP contribution in [0.25, 0.3) is 0 Å². The van der Waals surface area contributed by atoms with Gasteiger partial charge in [-0.25, -0.2) is 0 Å². The summed E-state index contributed by atoms with van der Waals surface area (Å²) in [4.78, 5) is 11.8. The molecule has 33 heavy (non-hydrogen) atoms. The highest BCUT2D eigenvalue weighted by Crippen LogP contribution is 2.71. The number of carboxylic acids is 1. The van der Waals surface area contributed by atoms with Crippen molar-refractivity contribution in [2.24, 2.45) is 52.3 Å². The lowest BCUT2D eigenvalue weighted by atomic mass is 9.35. The van der Waals surface area contributed by atoms with Crippen molar-refractivity contribution >= 4 is 29.5 Å². The normalized spacial score (nSPS) is 50.7. The summed E-state index contributed by atoms with van der Waals surface area (Å²) in [7, 11) is 5.87. The number of rotatable bonds is 5. The summed E-state index contributed by atoms with van der Waals surface area (Å²) >= 11 is 0. The van der Waals surface area contributed by atoms with E-state index in [1.165, 1.54) is 12.8 Å². The summed E-state index contributed by atoms with van der Waals surface area (Å²) in [5.41, 5.74) is -0.316. The Morgan fingerprint density at radius 2 is 1.67 bits per heavy atom. The second-order valence-electron chi connectivity index (χ2n) is 14.1. The van der Waals surface area contributed by atoms with Crippen LogP contribution >= 0.6 is 0 Å². The van der Waals surface area contributed by atoms with Crippen LogP contribution in [0.2, 0.25) is 5.21 Å². The van der Waals surface area contributed by atoms with Crippen LogP contribution < -0.4 is 0 Å². The highest BCUT2D eigenvalue weighted by atomic mass is 16.4. The minimum absolute atomic E-state index is 0.175. The molecule has 4 aliphatic rings. The molecule has 1 unspecified atom stereocenters. The number of carboxylic acid groups (broad SMARTS) is 1. The van der Waals surface area contributed by atoms with Crippen LogP contribution in [0.4, 0.5) is 0 Å². The van der Waals surface area contributed by atoms with Gasteiger partial charge in [-0.3, -0.25) is 4.79 Å². The van der Waals surface area contributed by atoms with Gasteiger partial charge in [-0.05, 0) is 104 Å². The van der Waals surface area contributed by atoms with Crippen LogP contribution in [-0.2, 0) is 4.79 Å². The first-order valence-electron chi connectivity index (χ1n) is 13.8. The fourth-order valence-corrected chi connectivity index (χ4v) is 10.5.